The van der Waals surface area contributed by atoms with Crippen LogP contribution in [0.3, 0.4) is 0 Å². The minimum Gasteiger partial charge on any atom is -0.460 e. The number of nitrogens with zero attached hydrogens (tertiary/aromatic N) is 1. The molecule has 0 bridgehead atoms. The van der Waals surface area contributed by atoms with Crippen molar-refractivity contribution < 1.29 is 23.9 Å². The van der Waals surface area contributed by atoms with Crippen molar-refractivity contribution in [2.24, 2.45) is 0 Å². The highest BCUT2D eigenvalue weighted by molar-refractivity contribution is 5.86. The highest BCUT2D eigenvalue weighted by Crippen LogP contribution is 2.36. The molecule has 0 spiro atoms. The molecule has 3 rings (SSSR count). The molecule has 0 radical (unpaired) electrons. The van der Waals surface area contributed by atoms with Crippen LogP contribution in [0.15, 0.2) is 60.7 Å². The number of ether oxygens (including phenoxy) is 2. The molecule has 152 valence electrons. The van der Waals surface area contributed by atoms with Crippen LogP contribution in [0.2, 0.25) is 0 Å². The Kier molecular flexibility index (Phi) is 5.36. The van der Waals surface area contributed by atoms with Crippen LogP contribution in [-0.2, 0) is 19.9 Å². The van der Waals surface area contributed by atoms with Gasteiger partial charge >= 0.3 is 5.97 Å². The lowest BCUT2D eigenvalue weighted by Gasteiger charge is -2.36. The van der Waals surface area contributed by atoms with E-state index in [1.54, 1.807) is 60.7 Å². The highest BCUT2D eigenvalue weighted by Gasteiger charge is 2.46. The van der Waals surface area contributed by atoms with Gasteiger partial charge in [-0.05, 0) is 37.4 Å². The molecule has 1 aliphatic heterocycles. The van der Waals surface area contributed by atoms with Gasteiger partial charge < -0.3 is 14.4 Å². The van der Waals surface area contributed by atoms with Crippen LogP contribution in [0.25, 0.3) is 0 Å². The van der Waals surface area contributed by atoms with Gasteiger partial charge in [0.05, 0.1) is 2.74 Å². The Morgan fingerprint density at radius 1 is 1.11 bits per heavy atom. The zero-order valence-corrected chi connectivity index (χ0v) is 16.6. The third kappa shape index (κ3) is 4.93. The Hall–Kier alpha value is -1.88. The lowest BCUT2D eigenvalue weighted by molar-refractivity contribution is -0.176. The largest absolute Gasteiger partial charge is 0.460 e. The first-order valence-corrected chi connectivity index (χ1v) is 9.02. The molecule has 0 atom stereocenters. The molecule has 0 aromatic heterocycles. The lowest BCUT2D eigenvalue weighted by Crippen LogP contribution is -2.45. The second-order valence-electron chi connectivity index (χ2n) is 6.65. The standard InChI is InChI=1S/C23H29NO3.ClH/c1-3-18-26-23(19-10-6-4-7-11-19,20-12-8-5-9-13-20)22(25)27-21-14-16-24(2)17-15-21;/h4-13,21H,3,14-18H2,1-2H3;1H/i1D3,3D2,18D2;. The van der Waals surface area contributed by atoms with Crippen LogP contribution < -0.4 is 0 Å². The maximum atomic E-state index is 13.9. The number of halogens is 1. The first-order valence-electron chi connectivity index (χ1n) is 12.5. The minimum atomic E-state index is -3.43. The quantitative estimate of drug-likeness (QED) is 0.633. The Labute approximate surface area is 184 Å². The van der Waals surface area contributed by atoms with Gasteiger partial charge in [0.1, 0.15) is 6.10 Å². The fourth-order valence-electron chi connectivity index (χ4n) is 3.35. The molecular formula is C23H30ClNO3. The molecule has 5 heteroatoms. The van der Waals surface area contributed by atoms with Crippen molar-refractivity contribution >= 4 is 18.4 Å². The van der Waals surface area contributed by atoms with Gasteiger partial charge in [0, 0.05) is 26.5 Å². The normalized spacial score (nSPS) is 20.8. The number of likely N-dealkylation sites (tertiary alicyclic amines) is 1. The average Bonchev–Trinajstić information content (AvgIpc) is 2.79. The summed E-state index contributed by atoms with van der Waals surface area (Å²) in [5.74, 6) is -0.926. The van der Waals surface area contributed by atoms with Gasteiger partial charge in [-0.3, -0.25) is 0 Å². The van der Waals surface area contributed by atoms with Crippen molar-refractivity contribution in [3.05, 3.63) is 71.8 Å². The summed E-state index contributed by atoms with van der Waals surface area (Å²) in [6.07, 6.45) is -2.72. The van der Waals surface area contributed by atoms with Gasteiger partial charge in [-0.2, -0.15) is 0 Å². The van der Waals surface area contributed by atoms with Crippen LogP contribution in [0.5, 0.6) is 0 Å². The zero-order chi connectivity index (χ0) is 25.2. The molecule has 1 heterocycles. The van der Waals surface area contributed by atoms with Crippen LogP contribution in [0.4, 0.5) is 0 Å². The second-order valence-corrected chi connectivity index (χ2v) is 6.65. The summed E-state index contributed by atoms with van der Waals surface area (Å²) in [6.45, 7) is -5.32. The molecule has 1 aliphatic rings. The van der Waals surface area contributed by atoms with E-state index in [-0.39, 0.29) is 23.5 Å². The number of benzene rings is 2. The first kappa shape index (κ1) is 14.2. The van der Waals surface area contributed by atoms with Crippen molar-refractivity contribution in [1.82, 2.24) is 4.90 Å². The molecule has 0 amide bonds. The number of carbonyl (C=O) groups is 1. The maximum Gasteiger partial charge on any atom is 0.348 e. The van der Waals surface area contributed by atoms with E-state index in [0.717, 1.165) is 0 Å². The van der Waals surface area contributed by atoms with E-state index >= 15 is 0 Å². The van der Waals surface area contributed by atoms with Gasteiger partial charge in [-0.1, -0.05) is 67.5 Å². The topological polar surface area (TPSA) is 38.8 Å². The molecule has 0 unspecified atom stereocenters. The van der Waals surface area contributed by atoms with E-state index in [2.05, 4.69) is 4.90 Å². The Bertz CT molecular complexity index is 927. The summed E-state index contributed by atoms with van der Waals surface area (Å²) < 4.78 is 67.1. The summed E-state index contributed by atoms with van der Waals surface area (Å²) >= 11 is 0. The molecular weight excluding hydrogens is 374 g/mol. The molecule has 0 saturated carbocycles. The smallest absolute Gasteiger partial charge is 0.348 e. The number of carbonyl (C=O) groups excluding carboxylic acids is 1. The summed E-state index contributed by atoms with van der Waals surface area (Å²) in [5.41, 5.74) is -1.85. The second kappa shape index (κ2) is 10.6. The van der Waals surface area contributed by atoms with E-state index in [1.807, 2.05) is 7.05 Å². The fraction of sp³-hybridized carbons (Fsp3) is 0.435. The predicted octanol–water partition coefficient (Wildman–Crippen LogP) is 4.42. The summed E-state index contributed by atoms with van der Waals surface area (Å²) in [5, 5.41) is 0. The van der Waals surface area contributed by atoms with E-state index in [9.17, 15) is 4.79 Å². The highest BCUT2D eigenvalue weighted by atomic mass is 35.5. The van der Waals surface area contributed by atoms with Crippen LogP contribution in [0.1, 0.15) is 46.8 Å². The van der Waals surface area contributed by atoms with Crippen molar-refractivity contribution in [3.8, 4) is 0 Å². The van der Waals surface area contributed by atoms with Gasteiger partial charge in [0.2, 0.25) is 5.60 Å². The van der Waals surface area contributed by atoms with Crippen molar-refractivity contribution in [1.29, 1.82) is 0 Å². The van der Waals surface area contributed by atoms with E-state index in [4.69, 9.17) is 19.1 Å². The van der Waals surface area contributed by atoms with E-state index in [1.165, 1.54) is 0 Å². The van der Waals surface area contributed by atoms with Crippen LogP contribution in [0, 0.1) is 0 Å². The number of rotatable bonds is 7. The third-order valence-electron chi connectivity index (χ3n) is 4.84. The van der Waals surface area contributed by atoms with Crippen molar-refractivity contribution in [2.75, 3.05) is 26.7 Å². The molecule has 28 heavy (non-hydrogen) atoms. The minimum absolute atomic E-state index is 0. The maximum absolute atomic E-state index is 13.9. The van der Waals surface area contributed by atoms with Crippen LogP contribution in [-0.4, -0.2) is 43.7 Å². The van der Waals surface area contributed by atoms with Gasteiger partial charge in [0.15, 0.2) is 0 Å². The predicted molar refractivity (Wildman–Crippen MR) is 114 cm³/mol. The van der Waals surface area contributed by atoms with E-state index < -0.39 is 37.5 Å². The first-order chi connectivity index (χ1) is 15.8. The van der Waals surface area contributed by atoms with Gasteiger partial charge in [-0.15, -0.1) is 12.4 Å². The van der Waals surface area contributed by atoms with Gasteiger partial charge in [-0.25, -0.2) is 4.79 Å². The monoisotopic (exact) mass is 410 g/mol. The SMILES string of the molecule is Cl.[2H]C([2H])([2H])C([2H])([2H])C([2H])([2H])OC(C(=O)OC1CCN(C)CC1)(c1ccccc1)c1ccccc1. The lowest BCUT2D eigenvalue weighted by atomic mass is 9.85. The Balaban J connectivity index is 0.00000432. The fourth-order valence-corrected chi connectivity index (χ4v) is 3.35. The number of piperidine rings is 1. The van der Waals surface area contributed by atoms with Gasteiger partial charge in [0.25, 0.3) is 0 Å². The molecule has 1 fully saturated rings. The van der Waals surface area contributed by atoms with E-state index in [0.29, 0.717) is 25.9 Å². The molecule has 2 aromatic carbocycles. The number of hydrogen-bond acceptors (Lipinski definition) is 4. The summed E-state index contributed by atoms with van der Waals surface area (Å²) in [4.78, 5) is 16.0. The number of esters is 1. The zero-order valence-electron chi connectivity index (χ0n) is 22.8. The Morgan fingerprint density at radius 3 is 2.14 bits per heavy atom. The average molecular weight is 411 g/mol. The molecule has 0 N–H and O–H groups in total. The Morgan fingerprint density at radius 2 is 1.64 bits per heavy atom. The molecule has 2 aromatic rings. The third-order valence-corrected chi connectivity index (χ3v) is 4.84. The molecule has 0 aliphatic carbocycles. The van der Waals surface area contributed by atoms with Crippen LogP contribution >= 0.6 is 12.4 Å². The summed E-state index contributed by atoms with van der Waals surface area (Å²) in [7, 11) is 1.96. The summed E-state index contributed by atoms with van der Waals surface area (Å²) in [6, 6.07) is 16.1. The number of hydrogen-bond donors (Lipinski definition) is 0. The molecule has 4 nitrogen and oxygen atoms in total. The van der Waals surface area contributed by atoms with Crippen molar-refractivity contribution in [3.63, 3.8) is 0 Å². The molecule has 1 saturated heterocycles. The van der Waals surface area contributed by atoms with Crippen molar-refractivity contribution in [2.45, 2.75) is 37.8 Å².